The van der Waals surface area contributed by atoms with Gasteiger partial charge in [-0.1, -0.05) is 18.2 Å². The fraction of sp³-hybridized carbons (Fsp3) is 0.214. The van der Waals surface area contributed by atoms with Gasteiger partial charge in [-0.15, -0.1) is 0 Å². The summed E-state index contributed by atoms with van der Waals surface area (Å²) >= 11 is 0. The summed E-state index contributed by atoms with van der Waals surface area (Å²) in [6.07, 6.45) is 1.32. The lowest BCUT2D eigenvalue weighted by Gasteiger charge is -2.05. The molecule has 20 heavy (non-hydrogen) atoms. The summed E-state index contributed by atoms with van der Waals surface area (Å²) in [4.78, 5) is 12.0. The van der Waals surface area contributed by atoms with Gasteiger partial charge in [0.05, 0.1) is 16.9 Å². The van der Waals surface area contributed by atoms with Gasteiger partial charge in [0.25, 0.3) is 5.91 Å². The van der Waals surface area contributed by atoms with E-state index in [2.05, 4.69) is 5.32 Å². The normalized spacial score (nSPS) is 11.2. The number of hydrogen-bond acceptors (Lipinski definition) is 4. The highest BCUT2D eigenvalue weighted by molar-refractivity contribution is 7.90. The van der Waals surface area contributed by atoms with Crippen LogP contribution < -0.4 is 5.32 Å². The molecule has 2 rings (SSSR count). The molecule has 1 aromatic carbocycles. The van der Waals surface area contributed by atoms with Crippen LogP contribution in [0.4, 0.5) is 0 Å². The molecule has 2 aromatic rings. The Morgan fingerprint density at radius 2 is 1.90 bits per heavy atom. The first-order valence-electron chi connectivity index (χ1n) is 6.17. The number of benzene rings is 1. The summed E-state index contributed by atoms with van der Waals surface area (Å²) in [5, 5.41) is 2.59. The molecule has 0 saturated carbocycles. The Labute approximate surface area is 117 Å². The number of furan rings is 1. The van der Waals surface area contributed by atoms with Gasteiger partial charge in [-0.2, -0.15) is 0 Å². The fourth-order valence-corrected chi connectivity index (χ4v) is 3.18. The molecule has 0 spiro atoms. The minimum absolute atomic E-state index is 0.0476. The molecule has 0 unspecified atom stereocenters. The molecule has 0 bridgehead atoms. The van der Waals surface area contributed by atoms with E-state index in [9.17, 15) is 13.2 Å². The Bertz CT molecular complexity index is 689. The minimum Gasteiger partial charge on any atom is -0.459 e. The first-order valence-corrected chi connectivity index (χ1v) is 7.82. The van der Waals surface area contributed by atoms with Crippen molar-refractivity contribution < 1.29 is 17.6 Å². The van der Waals surface area contributed by atoms with Crippen molar-refractivity contribution in [3.05, 3.63) is 54.0 Å². The van der Waals surface area contributed by atoms with Crippen molar-refractivity contribution >= 4 is 15.7 Å². The number of sulfone groups is 1. The molecule has 0 aliphatic carbocycles. The number of carbonyl (C=O) groups excluding carboxylic acids is 1. The van der Waals surface area contributed by atoms with Crippen LogP contribution in [0.25, 0.3) is 0 Å². The second-order valence-corrected chi connectivity index (χ2v) is 6.20. The van der Waals surface area contributed by atoms with Crippen molar-refractivity contribution in [2.24, 2.45) is 0 Å². The largest absolute Gasteiger partial charge is 0.459 e. The third kappa shape index (κ3) is 3.08. The van der Waals surface area contributed by atoms with Crippen LogP contribution in [0.1, 0.15) is 23.0 Å². The highest BCUT2D eigenvalue weighted by Gasteiger charge is 2.21. The van der Waals surface area contributed by atoms with Crippen molar-refractivity contribution in [2.45, 2.75) is 17.6 Å². The number of carbonyl (C=O) groups is 1. The Hall–Kier alpha value is -2.08. The average Bonchev–Trinajstić information content (AvgIpc) is 2.87. The summed E-state index contributed by atoms with van der Waals surface area (Å²) in [6, 6.07) is 9.63. The minimum atomic E-state index is -3.49. The summed E-state index contributed by atoms with van der Waals surface area (Å²) in [6.45, 7) is 2.23. The van der Waals surface area contributed by atoms with Crippen molar-refractivity contribution in [3.8, 4) is 0 Å². The average molecular weight is 293 g/mol. The molecule has 0 aliphatic rings. The third-order valence-corrected chi connectivity index (χ3v) is 4.42. The van der Waals surface area contributed by atoms with E-state index in [0.29, 0.717) is 12.1 Å². The summed E-state index contributed by atoms with van der Waals surface area (Å²) in [5.41, 5.74) is 0.361. The lowest BCUT2D eigenvalue weighted by molar-refractivity contribution is 0.0927. The smallest absolute Gasteiger partial charge is 0.287 e. The molecule has 1 amide bonds. The lowest BCUT2D eigenvalue weighted by atomic mass is 10.2. The molecule has 0 aliphatic heterocycles. The van der Waals surface area contributed by atoms with Crippen molar-refractivity contribution in [3.63, 3.8) is 0 Å². The van der Waals surface area contributed by atoms with Crippen molar-refractivity contribution in [1.29, 1.82) is 0 Å². The quantitative estimate of drug-likeness (QED) is 0.914. The third-order valence-electron chi connectivity index (χ3n) is 2.74. The maximum absolute atomic E-state index is 12.3. The van der Waals surface area contributed by atoms with Gasteiger partial charge in [-0.25, -0.2) is 8.42 Å². The number of rotatable bonds is 5. The summed E-state index contributed by atoms with van der Waals surface area (Å²) in [5.74, 6) is -0.623. The Balaban J connectivity index is 2.27. The van der Waals surface area contributed by atoms with Crippen molar-refractivity contribution in [1.82, 2.24) is 5.32 Å². The molecule has 0 atom stereocenters. The zero-order valence-corrected chi connectivity index (χ0v) is 11.8. The Morgan fingerprint density at radius 3 is 2.55 bits per heavy atom. The van der Waals surface area contributed by atoms with Gasteiger partial charge in [0.1, 0.15) is 0 Å². The van der Waals surface area contributed by atoms with E-state index >= 15 is 0 Å². The zero-order valence-electron chi connectivity index (χ0n) is 11.0. The monoisotopic (exact) mass is 293 g/mol. The maximum atomic E-state index is 12.3. The van der Waals surface area contributed by atoms with E-state index in [-0.39, 0.29) is 16.4 Å². The molecule has 1 N–H and O–H groups in total. The molecule has 0 saturated heterocycles. The van der Waals surface area contributed by atoms with Crippen molar-refractivity contribution in [2.75, 3.05) is 6.54 Å². The highest BCUT2D eigenvalue weighted by atomic mass is 32.2. The summed E-state index contributed by atoms with van der Waals surface area (Å²) < 4.78 is 29.6. The lowest BCUT2D eigenvalue weighted by Crippen LogP contribution is -2.23. The molecule has 1 aromatic heterocycles. The molecular formula is C14H15NO4S. The van der Waals surface area contributed by atoms with Crippen LogP contribution in [0.2, 0.25) is 0 Å². The van der Waals surface area contributed by atoms with Gasteiger partial charge in [0.15, 0.2) is 15.6 Å². The van der Waals surface area contributed by atoms with E-state index in [1.807, 2.05) is 0 Å². The van der Waals surface area contributed by atoms with Gasteiger partial charge in [0, 0.05) is 12.1 Å². The maximum Gasteiger partial charge on any atom is 0.287 e. The van der Waals surface area contributed by atoms with E-state index in [4.69, 9.17) is 4.42 Å². The molecule has 5 nitrogen and oxygen atoms in total. The topological polar surface area (TPSA) is 76.4 Å². The number of hydrogen-bond donors (Lipinski definition) is 1. The SMILES string of the molecule is CCNC(=O)c1occc1CS(=O)(=O)c1ccccc1. The summed E-state index contributed by atoms with van der Waals surface area (Å²) in [7, 11) is -3.49. The van der Waals surface area contributed by atoms with Crippen LogP contribution in [0.3, 0.4) is 0 Å². The van der Waals surface area contributed by atoms with Crippen LogP contribution in [0.5, 0.6) is 0 Å². The molecular weight excluding hydrogens is 278 g/mol. The van der Waals surface area contributed by atoms with E-state index in [1.54, 1.807) is 25.1 Å². The van der Waals surface area contributed by atoms with Crippen LogP contribution in [-0.2, 0) is 15.6 Å². The van der Waals surface area contributed by atoms with E-state index in [1.165, 1.54) is 24.5 Å². The first-order chi connectivity index (χ1) is 9.54. The van der Waals surface area contributed by atoms with Gasteiger partial charge < -0.3 is 9.73 Å². The number of nitrogens with one attached hydrogen (secondary N) is 1. The zero-order chi connectivity index (χ0) is 14.6. The van der Waals surface area contributed by atoms with Gasteiger partial charge in [-0.05, 0) is 25.1 Å². The standard InChI is InChI=1S/C14H15NO4S/c1-2-15-14(16)13-11(8-9-19-13)10-20(17,18)12-6-4-3-5-7-12/h3-9H,2,10H2,1H3,(H,15,16). The fourth-order valence-electron chi connectivity index (χ4n) is 1.81. The molecule has 106 valence electrons. The van der Waals surface area contributed by atoms with Crippen LogP contribution in [-0.4, -0.2) is 20.9 Å². The van der Waals surface area contributed by atoms with Crippen LogP contribution in [0, 0.1) is 0 Å². The first kappa shape index (κ1) is 14.3. The number of amides is 1. The van der Waals surface area contributed by atoms with E-state index in [0.717, 1.165) is 0 Å². The molecule has 0 fully saturated rings. The van der Waals surface area contributed by atoms with Gasteiger partial charge in [-0.3, -0.25) is 4.79 Å². The molecule has 1 heterocycles. The molecule has 0 radical (unpaired) electrons. The predicted octanol–water partition coefficient (Wildman–Crippen LogP) is 2.00. The predicted molar refractivity (Wildman–Crippen MR) is 74.0 cm³/mol. The highest BCUT2D eigenvalue weighted by Crippen LogP contribution is 2.19. The van der Waals surface area contributed by atoms with Crippen LogP contribution in [0.15, 0.2) is 52.0 Å². The van der Waals surface area contributed by atoms with Gasteiger partial charge in [0.2, 0.25) is 0 Å². The Kier molecular flexibility index (Phi) is 4.24. The second-order valence-electron chi connectivity index (χ2n) is 4.21. The molecule has 6 heteroatoms. The van der Waals surface area contributed by atoms with E-state index < -0.39 is 15.7 Å². The van der Waals surface area contributed by atoms with Gasteiger partial charge >= 0.3 is 0 Å². The van der Waals surface area contributed by atoms with Crippen LogP contribution >= 0.6 is 0 Å². The Morgan fingerprint density at radius 1 is 1.20 bits per heavy atom. The second kappa shape index (κ2) is 5.92.